The molecule has 1 N–H and O–H groups in total. The molecule has 2 aromatic rings. The van der Waals surface area contributed by atoms with Gasteiger partial charge in [0.15, 0.2) is 0 Å². The lowest BCUT2D eigenvalue weighted by Gasteiger charge is -2.18. The molecule has 2 amide bonds. The summed E-state index contributed by atoms with van der Waals surface area (Å²) in [6, 6.07) is 8.61. The number of pyridine rings is 1. The molecule has 0 saturated carbocycles. The van der Waals surface area contributed by atoms with Crippen molar-refractivity contribution in [2.45, 2.75) is 6.54 Å². The fourth-order valence-corrected chi connectivity index (χ4v) is 1.96. The predicted molar refractivity (Wildman–Crippen MR) is 81.2 cm³/mol. The van der Waals surface area contributed by atoms with E-state index >= 15 is 0 Å². The molecule has 1 heterocycles. The molecule has 2 rings (SSSR count). The molecule has 0 aliphatic carbocycles. The third-order valence-electron chi connectivity index (χ3n) is 2.66. The average molecular weight is 310 g/mol. The summed E-state index contributed by atoms with van der Waals surface area (Å²) in [5.41, 5.74) is 1.56. The van der Waals surface area contributed by atoms with Gasteiger partial charge in [-0.2, -0.15) is 0 Å². The second kappa shape index (κ2) is 6.59. The second-order valence-electron chi connectivity index (χ2n) is 4.28. The summed E-state index contributed by atoms with van der Waals surface area (Å²) in [6.07, 6.45) is 3.24. The minimum Gasteiger partial charge on any atom is -0.323 e. The molecular formula is C14H13Cl2N3O. The first-order valence-electron chi connectivity index (χ1n) is 5.92. The van der Waals surface area contributed by atoms with Gasteiger partial charge in [-0.05, 0) is 29.8 Å². The molecule has 0 fully saturated rings. The number of hydrogen-bond donors (Lipinski definition) is 1. The Bertz CT molecular complexity index is 605. The lowest BCUT2D eigenvalue weighted by Crippen LogP contribution is -2.30. The monoisotopic (exact) mass is 309 g/mol. The van der Waals surface area contributed by atoms with E-state index in [0.717, 1.165) is 5.56 Å². The average Bonchev–Trinajstić information content (AvgIpc) is 2.44. The molecule has 0 radical (unpaired) electrons. The number of rotatable bonds is 3. The number of aromatic nitrogens is 1. The van der Waals surface area contributed by atoms with Crippen LogP contribution >= 0.6 is 23.2 Å². The minimum atomic E-state index is -0.218. The standard InChI is InChI=1S/C14H13Cl2N3O/c1-19(9-10-4-5-12(15)13(16)7-10)14(20)18-11-3-2-6-17-8-11/h2-8H,9H2,1H3,(H,18,20). The Morgan fingerprint density at radius 2 is 2.10 bits per heavy atom. The molecule has 0 aliphatic heterocycles. The van der Waals surface area contributed by atoms with Crippen LogP contribution in [0.25, 0.3) is 0 Å². The van der Waals surface area contributed by atoms with Crippen molar-refractivity contribution >= 4 is 34.9 Å². The lowest BCUT2D eigenvalue weighted by molar-refractivity contribution is 0.220. The zero-order chi connectivity index (χ0) is 14.5. The summed E-state index contributed by atoms with van der Waals surface area (Å²) >= 11 is 11.8. The third kappa shape index (κ3) is 3.85. The first-order valence-corrected chi connectivity index (χ1v) is 6.68. The van der Waals surface area contributed by atoms with Crippen LogP contribution in [-0.4, -0.2) is 23.0 Å². The highest BCUT2D eigenvalue weighted by atomic mass is 35.5. The molecular weight excluding hydrogens is 297 g/mol. The number of hydrogen-bond acceptors (Lipinski definition) is 2. The Balaban J connectivity index is 1.98. The molecule has 0 saturated heterocycles. The molecule has 0 atom stereocenters. The largest absolute Gasteiger partial charge is 0.323 e. The Hall–Kier alpha value is -1.78. The third-order valence-corrected chi connectivity index (χ3v) is 3.40. The van der Waals surface area contributed by atoms with Crippen molar-refractivity contribution < 1.29 is 4.79 Å². The van der Waals surface area contributed by atoms with Crippen molar-refractivity contribution in [2.75, 3.05) is 12.4 Å². The van der Waals surface area contributed by atoms with Crippen molar-refractivity contribution in [1.29, 1.82) is 0 Å². The number of nitrogens with zero attached hydrogens (tertiary/aromatic N) is 2. The van der Waals surface area contributed by atoms with Crippen LogP contribution in [0.4, 0.5) is 10.5 Å². The molecule has 1 aromatic heterocycles. The van der Waals surface area contributed by atoms with Gasteiger partial charge in [0.25, 0.3) is 0 Å². The maximum absolute atomic E-state index is 12.0. The van der Waals surface area contributed by atoms with Crippen LogP contribution in [0.2, 0.25) is 10.0 Å². The summed E-state index contributed by atoms with van der Waals surface area (Å²) in [4.78, 5) is 17.5. The maximum Gasteiger partial charge on any atom is 0.321 e. The molecule has 0 aliphatic rings. The second-order valence-corrected chi connectivity index (χ2v) is 5.09. The number of carbonyl (C=O) groups excluding carboxylic acids is 1. The molecule has 4 nitrogen and oxygen atoms in total. The van der Waals surface area contributed by atoms with Crippen LogP contribution in [0, 0.1) is 0 Å². The number of benzene rings is 1. The Labute approximate surface area is 127 Å². The van der Waals surface area contributed by atoms with Crippen molar-refractivity contribution in [3.63, 3.8) is 0 Å². The van der Waals surface area contributed by atoms with Crippen LogP contribution in [0.3, 0.4) is 0 Å². The van der Waals surface area contributed by atoms with Gasteiger partial charge in [0.2, 0.25) is 0 Å². The molecule has 0 spiro atoms. The number of anilines is 1. The number of nitrogens with one attached hydrogen (secondary N) is 1. The van der Waals surface area contributed by atoms with E-state index in [4.69, 9.17) is 23.2 Å². The van der Waals surface area contributed by atoms with Gasteiger partial charge >= 0.3 is 6.03 Å². The van der Waals surface area contributed by atoms with E-state index in [1.807, 2.05) is 6.07 Å². The van der Waals surface area contributed by atoms with Gasteiger partial charge in [0.1, 0.15) is 0 Å². The normalized spacial score (nSPS) is 10.2. The highest BCUT2D eigenvalue weighted by Crippen LogP contribution is 2.23. The van der Waals surface area contributed by atoms with Gasteiger partial charge in [-0.1, -0.05) is 29.3 Å². The zero-order valence-corrected chi connectivity index (χ0v) is 12.3. The maximum atomic E-state index is 12.0. The van der Waals surface area contributed by atoms with E-state index in [9.17, 15) is 4.79 Å². The first kappa shape index (κ1) is 14.6. The quantitative estimate of drug-likeness (QED) is 0.929. The summed E-state index contributed by atoms with van der Waals surface area (Å²) < 4.78 is 0. The SMILES string of the molecule is CN(Cc1ccc(Cl)c(Cl)c1)C(=O)Nc1cccnc1. The summed E-state index contributed by atoms with van der Waals surface area (Å²) in [7, 11) is 1.70. The van der Waals surface area contributed by atoms with Crippen LogP contribution in [-0.2, 0) is 6.54 Å². The summed E-state index contributed by atoms with van der Waals surface area (Å²) in [5.74, 6) is 0. The molecule has 20 heavy (non-hydrogen) atoms. The number of halogens is 2. The number of urea groups is 1. The summed E-state index contributed by atoms with van der Waals surface area (Å²) in [6.45, 7) is 0.434. The zero-order valence-electron chi connectivity index (χ0n) is 10.8. The fourth-order valence-electron chi connectivity index (χ4n) is 1.64. The Morgan fingerprint density at radius 1 is 1.30 bits per heavy atom. The van der Waals surface area contributed by atoms with E-state index in [1.54, 1.807) is 48.6 Å². The van der Waals surface area contributed by atoms with E-state index in [-0.39, 0.29) is 6.03 Å². The van der Waals surface area contributed by atoms with Gasteiger partial charge in [-0.3, -0.25) is 4.98 Å². The number of amides is 2. The molecule has 104 valence electrons. The van der Waals surface area contributed by atoms with Gasteiger partial charge in [0.05, 0.1) is 21.9 Å². The molecule has 6 heteroatoms. The van der Waals surface area contributed by atoms with Crippen molar-refractivity contribution in [3.8, 4) is 0 Å². The van der Waals surface area contributed by atoms with Gasteiger partial charge in [0, 0.05) is 19.8 Å². The van der Waals surface area contributed by atoms with Crippen molar-refractivity contribution in [2.24, 2.45) is 0 Å². The van der Waals surface area contributed by atoms with Crippen molar-refractivity contribution in [3.05, 3.63) is 58.3 Å². The number of carbonyl (C=O) groups is 1. The van der Waals surface area contributed by atoms with Crippen molar-refractivity contribution in [1.82, 2.24) is 9.88 Å². The van der Waals surface area contributed by atoms with Gasteiger partial charge < -0.3 is 10.2 Å². The van der Waals surface area contributed by atoms with E-state index < -0.39 is 0 Å². The van der Waals surface area contributed by atoms with Crippen LogP contribution in [0.15, 0.2) is 42.7 Å². The molecule has 0 bridgehead atoms. The van der Waals surface area contributed by atoms with E-state index in [1.165, 1.54) is 0 Å². The minimum absolute atomic E-state index is 0.218. The van der Waals surface area contributed by atoms with Crippen LogP contribution in [0.5, 0.6) is 0 Å². The van der Waals surface area contributed by atoms with Crippen LogP contribution < -0.4 is 5.32 Å². The highest BCUT2D eigenvalue weighted by molar-refractivity contribution is 6.42. The first-order chi connectivity index (χ1) is 9.56. The summed E-state index contributed by atoms with van der Waals surface area (Å²) in [5, 5.41) is 3.73. The van der Waals surface area contributed by atoms with Crippen LogP contribution in [0.1, 0.15) is 5.56 Å². The molecule has 0 unspecified atom stereocenters. The molecule has 1 aromatic carbocycles. The van der Waals surface area contributed by atoms with E-state index in [2.05, 4.69) is 10.3 Å². The topological polar surface area (TPSA) is 45.2 Å². The lowest BCUT2D eigenvalue weighted by atomic mass is 10.2. The van der Waals surface area contributed by atoms with E-state index in [0.29, 0.717) is 22.3 Å². The predicted octanol–water partition coefficient (Wildman–Crippen LogP) is 4.05. The fraction of sp³-hybridized carbons (Fsp3) is 0.143. The van der Waals surface area contributed by atoms with Gasteiger partial charge in [-0.15, -0.1) is 0 Å². The highest BCUT2D eigenvalue weighted by Gasteiger charge is 2.10. The van der Waals surface area contributed by atoms with Gasteiger partial charge in [-0.25, -0.2) is 4.79 Å². The smallest absolute Gasteiger partial charge is 0.321 e. The Kier molecular flexibility index (Phi) is 4.82. The Morgan fingerprint density at radius 3 is 2.75 bits per heavy atom.